The van der Waals surface area contributed by atoms with Gasteiger partial charge in [0.15, 0.2) is 0 Å². The Kier molecular flexibility index (Phi) is 5.55. The summed E-state index contributed by atoms with van der Waals surface area (Å²) in [4.78, 5) is 12.7. The molecule has 2 aromatic rings. The van der Waals surface area contributed by atoms with Crippen molar-refractivity contribution in [3.63, 3.8) is 0 Å². The molecule has 0 spiro atoms. The van der Waals surface area contributed by atoms with E-state index in [4.69, 9.17) is 16.3 Å². The van der Waals surface area contributed by atoms with E-state index in [1.807, 2.05) is 6.92 Å². The third-order valence-electron chi connectivity index (χ3n) is 5.38. The van der Waals surface area contributed by atoms with Crippen molar-refractivity contribution in [2.75, 3.05) is 17.5 Å². The number of fused-ring (bicyclic) bond motifs is 1. The number of carbonyl (C=O) groups is 1. The molecular weight excluding hydrogens is 412 g/mol. The van der Waals surface area contributed by atoms with Crippen LogP contribution in [-0.2, 0) is 21.2 Å². The van der Waals surface area contributed by atoms with Gasteiger partial charge in [-0.3, -0.25) is 9.10 Å². The minimum absolute atomic E-state index is 0.0772. The first kappa shape index (κ1) is 20.2. The summed E-state index contributed by atoms with van der Waals surface area (Å²) in [6.45, 7) is 3.10. The standard InChI is InChI=1S/C21H23ClN2O4S/c1-14-11-16-12-15(21(25)23-13-18-3-2-10-28-18)4-9-20(16)24(14)29(26,27)19-7-5-17(22)6-8-19/h4-9,12,14,18H,2-3,10-11,13H2,1H3,(H,23,25)/t14-,18-/m0/s1. The predicted molar refractivity (Wildman–Crippen MR) is 112 cm³/mol. The number of nitrogens with zero attached hydrogens (tertiary/aromatic N) is 1. The number of carbonyl (C=O) groups excluding carboxylic acids is 1. The zero-order valence-corrected chi connectivity index (χ0v) is 17.7. The molecule has 2 aliphatic rings. The Morgan fingerprint density at radius 3 is 2.69 bits per heavy atom. The third-order valence-corrected chi connectivity index (χ3v) is 7.57. The number of sulfonamides is 1. The van der Waals surface area contributed by atoms with Gasteiger partial charge in [-0.15, -0.1) is 0 Å². The Balaban J connectivity index is 1.56. The Morgan fingerprint density at radius 1 is 1.24 bits per heavy atom. The van der Waals surface area contributed by atoms with Crippen LogP contribution < -0.4 is 9.62 Å². The van der Waals surface area contributed by atoms with Crippen LogP contribution in [0.4, 0.5) is 5.69 Å². The smallest absolute Gasteiger partial charge is 0.264 e. The van der Waals surface area contributed by atoms with E-state index in [-0.39, 0.29) is 22.9 Å². The lowest BCUT2D eigenvalue weighted by atomic mass is 10.1. The van der Waals surface area contributed by atoms with Gasteiger partial charge in [0.25, 0.3) is 15.9 Å². The fourth-order valence-corrected chi connectivity index (χ4v) is 5.76. The molecule has 1 saturated heterocycles. The average Bonchev–Trinajstić information content (AvgIpc) is 3.32. The molecule has 1 fully saturated rings. The molecule has 1 amide bonds. The Labute approximate surface area is 175 Å². The number of benzene rings is 2. The monoisotopic (exact) mass is 434 g/mol. The summed E-state index contributed by atoms with van der Waals surface area (Å²) in [6, 6.07) is 11.1. The molecule has 2 aromatic carbocycles. The topological polar surface area (TPSA) is 75.7 Å². The fourth-order valence-electron chi connectivity index (χ4n) is 3.94. The highest BCUT2D eigenvalue weighted by atomic mass is 35.5. The quantitative estimate of drug-likeness (QED) is 0.782. The largest absolute Gasteiger partial charge is 0.376 e. The van der Waals surface area contributed by atoms with Crippen LogP contribution in [0.15, 0.2) is 47.4 Å². The van der Waals surface area contributed by atoms with Gasteiger partial charge < -0.3 is 10.1 Å². The van der Waals surface area contributed by atoms with Gasteiger partial charge in [0.05, 0.1) is 16.7 Å². The van der Waals surface area contributed by atoms with Crippen molar-refractivity contribution in [3.8, 4) is 0 Å². The molecule has 0 unspecified atom stereocenters. The number of rotatable bonds is 5. The van der Waals surface area contributed by atoms with E-state index >= 15 is 0 Å². The van der Waals surface area contributed by atoms with E-state index < -0.39 is 10.0 Å². The zero-order chi connectivity index (χ0) is 20.6. The molecule has 0 saturated carbocycles. The van der Waals surface area contributed by atoms with Crippen LogP contribution in [0.5, 0.6) is 0 Å². The van der Waals surface area contributed by atoms with Crippen molar-refractivity contribution in [3.05, 3.63) is 58.6 Å². The maximum absolute atomic E-state index is 13.2. The lowest BCUT2D eigenvalue weighted by molar-refractivity contribution is 0.0857. The fraction of sp³-hybridized carbons (Fsp3) is 0.381. The number of anilines is 1. The van der Waals surface area contributed by atoms with E-state index in [2.05, 4.69) is 5.32 Å². The van der Waals surface area contributed by atoms with Gasteiger partial charge in [0.1, 0.15) is 0 Å². The Morgan fingerprint density at radius 2 is 2.00 bits per heavy atom. The molecular formula is C21H23ClN2O4S. The molecule has 0 bridgehead atoms. The van der Waals surface area contributed by atoms with E-state index in [1.54, 1.807) is 30.3 Å². The molecule has 4 rings (SSSR count). The van der Waals surface area contributed by atoms with Crippen molar-refractivity contribution in [1.29, 1.82) is 0 Å². The number of hydrogen-bond acceptors (Lipinski definition) is 4. The number of nitrogens with one attached hydrogen (secondary N) is 1. The van der Waals surface area contributed by atoms with Crippen LogP contribution in [0.25, 0.3) is 0 Å². The minimum Gasteiger partial charge on any atom is -0.376 e. The van der Waals surface area contributed by atoms with Crippen molar-refractivity contribution in [1.82, 2.24) is 5.32 Å². The molecule has 0 aromatic heterocycles. The predicted octanol–water partition coefficient (Wildman–Crippen LogP) is 3.39. The number of ether oxygens (including phenoxy) is 1. The van der Waals surface area contributed by atoms with Crippen molar-refractivity contribution in [2.45, 2.75) is 43.2 Å². The minimum atomic E-state index is -3.71. The molecule has 8 heteroatoms. The molecule has 154 valence electrons. The molecule has 2 atom stereocenters. The first-order valence-corrected chi connectivity index (χ1v) is 11.5. The van der Waals surface area contributed by atoms with E-state index in [0.29, 0.717) is 29.2 Å². The second-order valence-electron chi connectivity index (χ2n) is 7.50. The van der Waals surface area contributed by atoms with Gasteiger partial charge in [-0.05, 0) is 74.2 Å². The van der Waals surface area contributed by atoms with E-state index in [1.165, 1.54) is 16.4 Å². The summed E-state index contributed by atoms with van der Waals surface area (Å²) >= 11 is 5.89. The van der Waals surface area contributed by atoms with Crippen molar-refractivity contribution in [2.24, 2.45) is 0 Å². The number of hydrogen-bond donors (Lipinski definition) is 1. The number of halogens is 1. The summed E-state index contributed by atoms with van der Waals surface area (Å²) in [6.07, 6.45) is 2.61. The summed E-state index contributed by atoms with van der Waals surface area (Å²) in [5.41, 5.74) is 1.99. The lowest BCUT2D eigenvalue weighted by Gasteiger charge is -2.24. The highest BCUT2D eigenvalue weighted by Crippen LogP contribution is 2.37. The summed E-state index contributed by atoms with van der Waals surface area (Å²) in [5, 5.41) is 3.39. The highest BCUT2D eigenvalue weighted by molar-refractivity contribution is 7.92. The molecule has 1 N–H and O–H groups in total. The summed E-state index contributed by atoms with van der Waals surface area (Å²) < 4.78 is 33.3. The van der Waals surface area contributed by atoms with Crippen molar-refractivity contribution >= 4 is 33.2 Å². The summed E-state index contributed by atoms with van der Waals surface area (Å²) in [7, 11) is -3.71. The second kappa shape index (κ2) is 7.97. The SMILES string of the molecule is C[C@H]1Cc2cc(C(=O)NC[C@@H]3CCCO3)ccc2N1S(=O)(=O)c1ccc(Cl)cc1. The molecule has 2 aliphatic heterocycles. The van der Waals surface area contributed by atoms with Gasteiger partial charge in [-0.25, -0.2) is 8.42 Å². The van der Waals surface area contributed by atoms with Gasteiger partial charge in [0, 0.05) is 29.8 Å². The van der Waals surface area contributed by atoms with Gasteiger partial charge in [0.2, 0.25) is 0 Å². The van der Waals surface area contributed by atoms with Crippen LogP contribution in [0, 0.1) is 0 Å². The van der Waals surface area contributed by atoms with Gasteiger partial charge >= 0.3 is 0 Å². The normalized spacial score (nSPS) is 21.2. The Bertz CT molecular complexity index is 1020. The summed E-state index contributed by atoms with van der Waals surface area (Å²) in [5.74, 6) is -0.171. The van der Waals surface area contributed by atoms with Crippen LogP contribution >= 0.6 is 11.6 Å². The third kappa shape index (κ3) is 3.99. The second-order valence-corrected chi connectivity index (χ2v) is 9.75. The zero-order valence-electron chi connectivity index (χ0n) is 16.1. The van der Waals surface area contributed by atoms with E-state index in [0.717, 1.165) is 25.0 Å². The Hall–Kier alpha value is -2.09. The molecule has 0 radical (unpaired) electrons. The highest BCUT2D eigenvalue weighted by Gasteiger charge is 2.36. The maximum atomic E-state index is 13.2. The van der Waals surface area contributed by atoms with Gasteiger partial charge in [-0.1, -0.05) is 11.6 Å². The van der Waals surface area contributed by atoms with Gasteiger partial charge in [-0.2, -0.15) is 0 Å². The van der Waals surface area contributed by atoms with Crippen molar-refractivity contribution < 1.29 is 17.9 Å². The molecule has 6 nitrogen and oxygen atoms in total. The molecule has 2 heterocycles. The first-order chi connectivity index (χ1) is 13.9. The molecule has 0 aliphatic carbocycles. The van der Waals surface area contributed by atoms with Crippen LogP contribution in [-0.4, -0.2) is 39.6 Å². The van der Waals surface area contributed by atoms with Crippen LogP contribution in [0.1, 0.15) is 35.7 Å². The first-order valence-electron chi connectivity index (χ1n) is 9.69. The maximum Gasteiger partial charge on any atom is 0.264 e. The number of amides is 1. The van der Waals surface area contributed by atoms with Crippen LogP contribution in [0.2, 0.25) is 5.02 Å². The van der Waals surface area contributed by atoms with Crippen LogP contribution in [0.3, 0.4) is 0 Å². The van der Waals surface area contributed by atoms with E-state index in [9.17, 15) is 13.2 Å². The average molecular weight is 435 g/mol. The molecule has 29 heavy (non-hydrogen) atoms. The lowest BCUT2D eigenvalue weighted by Crippen LogP contribution is -2.35.